The van der Waals surface area contributed by atoms with Crippen molar-refractivity contribution in [3.05, 3.63) is 54.2 Å². The van der Waals surface area contributed by atoms with Crippen molar-refractivity contribution < 1.29 is 13.9 Å². The van der Waals surface area contributed by atoms with Crippen molar-refractivity contribution in [2.75, 3.05) is 13.2 Å². The van der Waals surface area contributed by atoms with Gasteiger partial charge in [0.15, 0.2) is 5.76 Å². The Morgan fingerprint density at radius 1 is 1.25 bits per heavy atom. The van der Waals surface area contributed by atoms with E-state index in [0.29, 0.717) is 12.3 Å². The minimum atomic E-state index is -0.0448. The Labute approximate surface area is 141 Å². The lowest BCUT2D eigenvalue weighted by Crippen LogP contribution is -2.42. The van der Waals surface area contributed by atoms with Crippen molar-refractivity contribution >= 4 is 5.91 Å². The molecule has 126 valence electrons. The number of hydrogen-bond donors (Lipinski definition) is 0. The predicted octanol–water partition coefficient (Wildman–Crippen LogP) is 2.93. The highest BCUT2D eigenvalue weighted by atomic mass is 16.5. The SMILES string of the molecule is O=C(c1ccco1)N1CC[C@@H](OCC2CC2)[C@H]1Cc1ccncc1. The Morgan fingerprint density at radius 3 is 2.79 bits per heavy atom. The summed E-state index contributed by atoms with van der Waals surface area (Å²) >= 11 is 0. The highest BCUT2D eigenvalue weighted by molar-refractivity contribution is 5.92. The second-order valence-electron chi connectivity index (χ2n) is 6.71. The van der Waals surface area contributed by atoms with Gasteiger partial charge in [0.1, 0.15) is 0 Å². The molecule has 2 aromatic heterocycles. The maximum atomic E-state index is 12.8. The quantitative estimate of drug-likeness (QED) is 0.819. The molecule has 0 aromatic carbocycles. The van der Waals surface area contributed by atoms with Gasteiger partial charge in [-0.2, -0.15) is 0 Å². The number of rotatable bonds is 6. The number of ether oxygens (including phenoxy) is 1. The van der Waals surface area contributed by atoms with Crippen LogP contribution in [0.2, 0.25) is 0 Å². The van der Waals surface area contributed by atoms with E-state index in [1.165, 1.54) is 18.4 Å². The van der Waals surface area contributed by atoms with Crippen molar-refractivity contribution in [3.8, 4) is 0 Å². The molecule has 2 aliphatic rings. The first-order valence-electron chi connectivity index (χ1n) is 8.66. The Balaban J connectivity index is 1.51. The number of carbonyl (C=O) groups excluding carboxylic acids is 1. The Kier molecular flexibility index (Phi) is 4.34. The van der Waals surface area contributed by atoms with Gasteiger partial charge in [0.25, 0.3) is 5.91 Å². The van der Waals surface area contributed by atoms with E-state index in [0.717, 1.165) is 25.4 Å². The molecule has 1 saturated heterocycles. The molecule has 1 saturated carbocycles. The Hall–Kier alpha value is -2.14. The van der Waals surface area contributed by atoms with Crippen LogP contribution >= 0.6 is 0 Å². The largest absolute Gasteiger partial charge is 0.459 e. The van der Waals surface area contributed by atoms with Gasteiger partial charge in [-0.1, -0.05) is 0 Å². The van der Waals surface area contributed by atoms with Crippen molar-refractivity contribution in [3.63, 3.8) is 0 Å². The Morgan fingerprint density at radius 2 is 2.08 bits per heavy atom. The summed E-state index contributed by atoms with van der Waals surface area (Å²) in [6.45, 7) is 1.53. The first-order valence-corrected chi connectivity index (χ1v) is 8.66. The summed E-state index contributed by atoms with van der Waals surface area (Å²) in [6.07, 6.45) is 9.44. The van der Waals surface area contributed by atoms with Gasteiger partial charge in [0.05, 0.1) is 18.4 Å². The molecule has 0 bridgehead atoms. The smallest absolute Gasteiger partial charge is 0.289 e. The van der Waals surface area contributed by atoms with Gasteiger partial charge < -0.3 is 14.1 Å². The molecule has 0 radical (unpaired) electrons. The molecule has 24 heavy (non-hydrogen) atoms. The normalized spacial score (nSPS) is 23.6. The van der Waals surface area contributed by atoms with E-state index < -0.39 is 0 Å². The number of pyridine rings is 1. The fourth-order valence-corrected chi connectivity index (χ4v) is 3.36. The molecular weight excluding hydrogens is 304 g/mol. The maximum Gasteiger partial charge on any atom is 0.289 e. The number of furan rings is 1. The van der Waals surface area contributed by atoms with Crippen LogP contribution < -0.4 is 0 Å². The third-order valence-corrected chi connectivity index (χ3v) is 4.91. The molecule has 2 fully saturated rings. The number of hydrogen-bond acceptors (Lipinski definition) is 4. The van der Waals surface area contributed by atoms with Crippen LogP contribution in [0, 0.1) is 5.92 Å². The van der Waals surface area contributed by atoms with Gasteiger partial charge in [-0.3, -0.25) is 9.78 Å². The number of likely N-dealkylation sites (tertiary alicyclic amines) is 1. The highest BCUT2D eigenvalue weighted by Gasteiger charge is 2.39. The van der Waals surface area contributed by atoms with E-state index in [9.17, 15) is 4.79 Å². The molecule has 2 aromatic rings. The van der Waals surface area contributed by atoms with Crippen LogP contribution in [0.4, 0.5) is 0 Å². The van der Waals surface area contributed by atoms with E-state index >= 15 is 0 Å². The van der Waals surface area contributed by atoms with Crippen LogP contribution in [-0.4, -0.2) is 41.1 Å². The summed E-state index contributed by atoms with van der Waals surface area (Å²) in [5.74, 6) is 1.08. The minimum Gasteiger partial charge on any atom is -0.459 e. The molecule has 5 heteroatoms. The molecule has 1 aliphatic carbocycles. The predicted molar refractivity (Wildman–Crippen MR) is 88.6 cm³/mol. The van der Waals surface area contributed by atoms with Crippen molar-refractivity contribution in [2.24, 2.45) is 5.92 Å². The van der Waals surface area contributed by atoms with Crippen molar-refractivity contribution in [1.29, 1.82) is 0 Å². The zero-order chi connectivity index (χ0) is 16.4. The molecule has 2 atom stereocenters. The standard InChI is InChI=1S/C19H22N2O3/c22-19(18-2-1-11-23-18)21-10-7-17(24-13-15-3-4-15)16(21)12-14-5-8-20-9-6-14/h1-2,5-6,8-9,11,15-17H,3-4,7,10,12-13H2/t16-,17-/m1/s1. The summed E-state index contributed by atoms with van der Waals surface area (Å²) in [7, 11) is 0. The summed E-state index contributed by atoms with van der Waals surface area (Å²) in [5, 5.41) is 0. The van der Waals surface area contributed by atoms with Crippen LogP contribution in [0.15, 0.2) is 47.3 Å². The van der Waals surface area contributed by atoms with Gasteiger partial charge >= 0.3 is 0 Å². The second-order valence-corrected chi connectivity index (χ2v) is 6.71. The van der Waals surface area contributed by atoms with Gasteiger partial charge in [0.2, 0.25) is 0 Å². The number of carbonyl (C=O) groups is 1. The van der Waals surface area contributed by atoms with Crippen LogP contribution in [-0.2, 0) is 11.2 Å². The zero-order valence-corrected chi connectivity index (χ0v) is 13.6. The number of aromatic nitrogens is 1. The lowest BCUT2D eigenvalue weighted by molar-refractivity contribution is 0.0192. The summed E-state index contributed by atoms with van der Waals surface area (Å²) in [4.78, 5) is 18.8. The molecule has 5 nitrogen and oxygen atoms in total. The van der Waals surface area contributed by atoms with E-state index in [1.807, 2.05) is 17.0 Å². The highest BCUT2D eigenvalue weighted by Crippen LogP contribution is 2.32. The molecule has 0 spiro atoms. The van der Waals surface area contributed by atoms with E-state index in [4.69, 9.17) is 9.15 Å². The molecule has 3 heterocycles. The van der Waals surface area contributed by atoms with E-state index in [2.05, 4.69) is 4.98 Å². The van der Waals surface area contributed by atoms with Gasteiger partial charge in [-0.25, -0.2) is 0 Å². The molecule has 1 amide bonds. The topological polar surface area (TPSA) is 55.6 Å². The summed E-state index contributed by atoms with van der Waals surface area (Å²) < 4.78 is 11.5. The van der Waals surface area contributed by atoms with Crippen LogP contribution in [0.3, 0.4) is 0 Å². The van der Waals surface area contributed by atoms with Crippen LogP contribution in [0.5, 0.6) is 0 Å². The fourth-order valence-electron chi connectivity index (χ4n) is 3.36. The third kappa shape index (κ3) is 3.36. The van der Waals surface area contributed by atoms with E-state index in [1.54, 1.807) is 30.8 Å². The lowest BCUT2D eigenvalue weighted by Gasteiger charge is -2.28. The van der Waals surface area contributed by atoms with Crippen molar-refractivity contribution in [2.45, 2.75) is 37.8 Å². The molecule has 1 aliphatic heterocycles. The molecule has 0 N–H and O–H groups in total. The first kappa shape index (κ1) is 15.4. The molecule has 4 rings (SSSR count). The zero-order valence-electron chi connectivity index (χ0n) is 13.6. The summed E-state index contributed by atoms with van der Waals surface area (Å²) in [5.41, 5.74) is 1.18. The second kappa shape index (κ2) is 6.77. The Bertz CT molecular complexity index is 667. The van der Waals surface area contributed by atoms with E-state index in [-0.39, 0.29) is 18.1 Å². The number of nitrogens with zero attached hydrogens (tertiary/aromatic N) is 2. The fraction of sp³-hybridized carbons (Fsp3) is 0.474. The van der Waals surface area contributed by atoms with Gasteiger partial charge in [-0.05, 0) is 61.4 Å². The third-order valence-electron chi connectivity index (χ3n) is 4.91. The first-order chi connectivity index (χ1) is 11.8. The number of amides is 1. The van der Waals surface area contributed by atoms with Gasteiger partial charge in [-0.15, -0.1) is 0 Å². The van der Waals surface area contributed by atoms with Crippen molar-refractivity contribution in [1.82, 2.24) is 9.88 Å². The van der Waals surface area contributed by atoms with Crippen LogP contribution in [0.25, 0.3) is 0 Å². The van der Waals surface area contributed by atoms with Crippen LogP contribution in [0.1, 0.15) is 35.4 Å². The summed E-state index contributed by atoms with van der Waals surface area (Å²) in [6, 6.07) is 7.54. The minimum absolute atomic E-state index is 0.0448. The average molecular weight is 326 g/mol. The maximum absolute atomic E-state index is 12.8. The lowest BCUT2D eigenvalue weighted by atomic mass is 10.0. The average Bonchev–Trinajstić information content (AvgIpc) is 3.12. The molecular formula is C19H22N2O3. The monoisotopic (exact) mass is 326 g/mol. The molecule has 0 unspecified atom stereocenters. The van der Waals surface area contributed by atoms with Gasteiger partial charge in [0, 0.05) is 25.5 Å².